The Balaban J connectivity index is 2.09. The molecule has 0 aliphatic rings. The molecule has 0 amide bonds. The second-order valence-electron chi connectivity index (χ2n) is 4.67. The fraction of sp³-hybridized carbons (Fsp3) is 0.118. The van der Waals surface area contributed by atoms with Gasteiger partial charge in [0.05, 0.1) is 12.1 Å². The van der Waals surface area contributed by atoms with Gasteiger partial charge in [0.15, 0.2) is 5.78 Å². The molecular weight excluding hydrogens is 305 g/mol. The zero-order chi connectivity index (χ0) is 16.1. The van der Waals surface area contributed by atoms with Gasteiger partial charge in [-0.05, 0) is 49.4 Å². The normalized spacial score (nSPS) is 11.2. The molecule has 0 spiro atoms. The number of rotatable bonds is 5. The maximum Gasteiger partial charge on any atom is 0.187 e. The Bertz CT molecular complexity index is 711. The second-order valence-corrected chi connectivity index (χ2v) is 5.08. The van der Waals surface area contributed by atoms with Crippen LogP contribution in [0.4, 0.5) is 10.1 Å². The minimum atomic E-state index is -0.483. The molecule has 0 radical (unpaired) electrons. The topological polar surface area (TPSA) is 38.3 Å². The van der Waals surface area contributed by atoms with Gasteiger partial charge in [0.25, 0.3) is 0 Å². The molecular formula is C17H15ClFNO2. The van der Waals surface area contributed by atoms with Gasteiger partial charge in [-0.15, -0.1) is 0 Å². The molecule has 0 saturated carbocycles. The number of anilines is 1. The molecule has 5 heteroatoms. The largest absolute Gasteiger partial charge is 0.497 e. The van der Waals surface area contributed by atoms with Crippen molar-refractivity contribution in [2.45, 2.75) is 6.92 Å². The molecule has 0 unspecified atom stereocenters. The lowest BCUT2D eigenvalue weighted by molar-refractivity contribution is 0.104. The minimum Gasteiger partial charge on any atom is -0.497 e. The van der Waals surface area contributed by atoms with Crippen LogP contribution in [0.5, 0.6) is 5.75 Å². The van der Waals surface area contributed by atoms with Crippen LogP contribution in [0.15, 0.2) is 54.2 Å². The van der Waals surface area contributed by atoms with E-state index < -0.39 is 5.82 Å². The summed E-state index contributed by atoms with van der Waals surface area (Å²) in [4.78, 5) is 12.1. The summed E-state index contributed by atoms with van der Waals surface area (Å²) in [5.74, 6) is 0.0698. The van der Waals surface area contributed by atoms with Crippen LogP contribution in [0.3, 0.4) is 0 Å². The van der Waals surface area contributed by atoms with Crippen molar-refractivity contribution in [3.63, 3.8) is 0 Å². The third-order valence-corrected chi connectivity index (χ3v) is 3.27. The number of carbonyl (C=O) groups excluding carboxylic acids is 1. The van der Waals surface area contributed by atoms with Crippen LogP contribution in [-0.2, 0) is 0 Å². The Kier molecular flexibility index (Phi) is 5.17. The van der Waals surface area contributed by atoms with Gasteiger partial charge in [-0.3, -0.25) is 4.79 Å². The molecule has 0 fully saturated rings. The van der Waals surface area contributed by atoms with Gasteiger partial charge in [-0.25, -0.2) is 4.39 Å². The Morgan fingerprint density at radius 2 is 1.91 bits per heavy atom. The molecule has 0 atom stereocenters. The summed E-state index contributed by atoms with van der Waals surface area (Å²) in [6.45, 7) is 1.75. The number of hydrogen-bond donors (Lipinski definition) is 1. The number of allylic oxidation sites excluding steroid dienone is 2. The number of hydrogen-bond acceptors (Lipinski definition) is 3. The predicted octanol–water partition coefficient (Wildman–Crippen LogP) is 4.69. The second kappa shape index (κ2) is 7.09. The van der Waals surface area contributed by atoms with E-state index >= 15 is 0 Å². The van der Waals surface area contributed by atoms with Gasteiger partial charge < -0.3 is 10.1 Å². The predicted molar refractivity (Wildman–Crippen MR) is 86.1 cm³/mol. The lowest BCUT2D eigenvalue weighted by Gasteiger charge is -2.07. The average molecular weight is 320 g/mol. The highest BCUT2D eigenvalue weighted by molar-refractivity contribution is 6.31. The third-order valence-electron chi connectivity index (χ3n) is 2.98. The first kappa shape index (κ1) is 16.0. The molecule has 114 valence electrons. The van der Waals surface area contributed by atoms with E-state index in [0.717, 1.165) is 0 Å². The molecule has 0 aliphatic heterocycles. The fourth-order valence-electron chi connectivity index (χ4n) is 1.87. The summed E-state index contributed by atoms with van der Waals surface area (Å²) in [6, 6.07) is 11.1. The van der Waals surface area contributed by atoms with E-state index in [-0.39, 0.29) is 10.8 Å². The van der Waals surface area contributed by atoms with E-state index in [9.17, 15) is 9.18 Å². The molecule has 2 rings (SSSR count). The van der Waals surface area contributed by atoms with Crippen LogP contribution in [0.2, 0.25) is 5.02 Å². The van der Waals surface area contributed by atoms with E-state index in [2.05, 4.69) is 5.32 Å². The van der Waals surface area contributed by atoms with Crippen LogP contribution in [-0.4, -0.2) is 12.9 Å². The van der Waals surface area contributed by atoms with Crippen molar-refractivity contribution in [1.82, 2.24) is 0 Å². The van der Waals surface area contributed by atoms with E-state index in [4.69, 9.17) is 16.3 Å². The SMILES string of the molecule is COc1ccc(C(=O)/C=C(\C)Nc2ccc(F)c(Cl)c2)cc1. The number of ketones is 1. The molecule has 0 aliphatic carbocycles. The number of nitrogens with one attached hydrogen (secondary N) is 1. The van der Waals surface area contributed by atoms with Crippen molar-refractivity contribution in [2.75, 3.05) is 12.4 Å². The molecule has 1 N–H and O–H groups in total. The van der Waals surface area contributed by atoms with Crippen molar-refractivity contribution in [1.29, 1.82) is 0 Å². The summed E-state index contributed by atoms with van der Waals surface area (Å²) in [6.07, 6.45) is 1.47. The monoisotopic (exact) mass is 319 g/mol. The summed E-state index contributed by atoms with van der Waals surface area (Å²) >= 11 is 5.71. The van der Waals surface area contributed by atoms with Crippen LogP contribution >= 0.6 is 11.6 Å². The lowest BCUT2D eigenvalue weighted by Crippen LogP contribution is -2.01. The molecule has 0 heterocycles. The van der Waals surface area contributed by atoms with E-state index in [1.807, 2.05) is 0 Å². The average Bonchev–Trinajstić information content (AvgIpc) is 2.51. The van der Waals surface area contributed by atoms with Crippen molar-refractivity contribution < 1.29 is 13.9 Å². The van der Waals surface area contributed by atoms with E-state index in [1.165, 1.54) is 18.2 Å². The van der Waals surface area contributed by atoms with Crippen LogP contribution < -0.4 is 10.1 Å². The zero-order valence-corrected chi connectivity index (χ0v) is 12.9. The van der Waals surface area contributed by atoms with E-state index in [1.54, 1.807) is 44.4 Å². The molecule has 2 aromatic rings. The third kappa shape index (κ3) is 4.09. The summed E-state index contributed by atoms with van der Waals surface area (Å²) < 4.78 is 18.1. The number of halogens is 2. The summed E-state index contributed by atoms with van der Waals surface area (Å²) in [7, 11) is 1.57. The summed E-state index contributed by atoms with van der Waals surface area (Å²) in [5.41, 5.74) is 1.80. The van der Waals surface area contributed by atoms with Gasteiger partial charge >= 0.3 is 0 Å². The van der Waals surface area contributed by atoms with Gasteiger partial charge in [-0.2, -0.15) is 0 Å². The first-order chi connectivity index (χ1) is 10.5. The minimum absolute atomic E-state index is 0.0271. The summed E-state index contributed by atoms with van der Waals surface area (Å²) in [5, 5.41) is 3.02. The smallest absolute Gasteiger partial charge is 0.187 e. The first-order valence-corrected chi connectivity index (χ1v) is 6.96. The van der Waals surface area contributed by atoms with Crippen molar-refractivity contribution in [3.05, 3.63) is 70.6 Å². The van der Waals surface area contributed by atoms with Crippen molar-refractivity contribution >= 4 is 23.1 Å². The van der Waals surface area contributed by atoms with Crippen LogP contribution in [0.25, 0.3) is 0 Å². The van der Waals surface area contributed by atoms with Crippen molar-refractivity contribution in [2.24, 2.45) is 0 Å². The Hall–Kier alpha value is -2.33. The van der Waals surface area contributed by atoms with Crippen LogP contribution in [0, 0.1) is 5.82 Å². The Morgan fingerprint density at radius 1 is 1.23 bits per heavy atom. The van der Waals surface area contributed by atoms with Gasteiger partial charge in [0.1, 0.15) is 11.6 Å². The number of carbonyl (C=O) groups is 1. The number of benzene rings is 2. The maximum atomic E-state index is 13.1. The van der Waals surface area contributed by atoms with Gasteiger partial charge in [0, 0.05) is 23.0 Å². The highest BCUT2D eigenvalue weighted by Crippen LogP contribution is 2.20. The Morgan fingerprint density at radius 3 is 2.50 bits per heavy atom. The maximum absolute atomic E-state index is 13.1. The van der Waals surface area contributed by atoms with Crippen molar-refractivity contribution in [3.8, 4) is 5.75 Å². The number of methoxy groups -OCH3 is 1. The number of ether oxygens (including phenoxy) is 1. The zero-order valence-electron chi connectivity index (χ0n) is 12.2. The standard InChI is InChI=1S/C17H15ClFNO2/c1-11(20-13-5-8-16(19)15(18)10-13)9-17(21)12-3-6-14(22-2)7-4-12/h3-10,20H,1-2H3/b11-9+. The highest BCUT2D eigenvalue weighted by Gasteiger charge is 2.05. The molecule has 22 heavy (non-hydrogen) atoms. The molecule has 2 aromatic carbocycles. The highest BCUT2D eigenvalue weighted by atomic mass is 35.5. The van der Waals surface area contributed by atoms with E-state index in [0.29, 0.717) is 22.7 Å². The molecule has 0 bridgehead atoms. The van der Waals surface area contributed by atoms with Crippen LogP contribution in [0.1, 0.15) is 17.3 Å². The quantitative estimate of drug-likeness (QED) is 0.642. The molecule has 3 nitrogen and oxygen atoms in total. The van der Waals surface area contributed by atoms with Gasteiger partial charge in [-0.1, -0.05) is 11.6 Å². The van der Waals surface area contributed by atoms with Gasteiger partial charge in [0.2, 0.25) is 0 Å². The fourth-order valence-corrected chi connectivity index (χ4v) is 2.05. The lowest BCUT2D eigenvalue weighted by atomic mass is 10.1. The molecule has 0 saturated heterocycles. The Labute approximate surface area is 133 Å². The first-order valence-electron chi connectivity index (χ1n) is 6.58. The molecule has 0 aromatic heterocycles.